The fraction of sp³-hybridized carbons (Fsp3) is 0.333. The summed E-state index contributed by atoms with van der Waals surface area (Å²) in [7, 11) is 0. The average Bonchev–Trinajstić information content (AvgIpc) is 2.60. The molecule has 7 heteroatoms. The van der Waals surface area contributed by atoms with Crippen molar-refractivity contribution in [1.82, 2.24) is 10.3 Å². The molecule has 1 aromatic heterocycles. The number of hydrogen-bond donors (Lipinski definition) is 3. The number of aliphatic hydroxyl groups is 1. The predicted octanol–water partition coefficient (Wildman–Crippen LogP) is 3.60. The van der Waals surface area contributed by atoms with E-state index in [1.54, 1.807) is 18.2 Å². The number of benzene rings is 1. The van der Waals surface area contributed by atoms with Crippen LogP contribution >= 0.6 is 22.6 Å². The first-order chi connectivity index (χ1) is 12.0. The molecule has 0 saturated heterocycles. The molecule has 0 radical (unpaired) electrons. The van der Waals surface area contributed by atoms with Crippen molar-refractivity contribution in [1.29, 1.82) is 0 Å². The van der Waals surface area contributed by atoms with Crippen molar-refractivity contribution in [2.45, 2.75) is 37.8 Å². The van der Waals surface area contributed by atoms with Crippen molar-refractivity contribution in [2.75, 3.05) is 5.32 Å². The maximum absolute atomic E-state index is 14.1. The Morgan fingerprint density at radius 2 is 2.04 bits per heavy atom. The summed E-state index contributed by atoms with van der Waals surface area (Å²) in [4.78, 5) is 16.6. The van der Waals surface area contributed by atoms with E-state index in [4.69, 9.17) is 0 Å². The van der Waals surface area contributed by atoms with Gasteiger partial charge in [0.05, 0.1) is 35.3 Å². The first-order valence-electron chi connectivity index (χ1n) is 8.19. The molecule has 0 spiro atoms. The summed E-state index contributed by atoms with van der Waals surface area (Å²) in [5, 5.41) is 15.9. The van der Waals surface area contributed by atoms with Crippen LogP contribution in [0.5, 0.6) is 0 Å². The molecule has 1 aromatic carbocycles. The molecule has 1 aliphatic rings. The van der Waals surface area contributed by atoms with Gasteiger partial charge in [-0.3, -0.25) is 9.78 Å². The summed E-state index contributed by atoms with van der Waals surface area (Å²) in [5.41, 5.74) is 1.07. The van der Waals surface area contributed by atoms with Gasteiger partial charge in [-0.25, -0.2) is 4.39 Å². The first kappa shape index (κ1) is 18.1. The van der Waals surface area contributed by atoms with Crippen molar-refractivity contribution >= 4 is 39.9 Å². The van der Waals surface area contributed by atoms with Gasteiger partial charge in [-0.1, -0.05) is 12.8 Å². The highest BCUT2D eigenvalue weighted by Crippen LogP contribution is 2.25. The number of aliphatic hydroxyl groups excluding tert-OH is 1. The third kappa shape index (κ3) is 4.46. The van der Waals surface area contributed by atoms with E-state index in [0.717, 1.165) is 22.8 Å². The van der Waals surface area contributed by atoms with Gasteiger partial charge in [0, 0.05) is 9.77 Å². The molecule has 1 heterocycles. The number of halogens is 2. The number of nitrogens with zero attached hydrogens (tertiary/aromatic N) is 1. The molecule has 0 unspecified atom stereocenters. The minimum absolute atomic E-state index is 0.252. The van der Waals surface area contributed by atoms with Crippen molar-refractivity contribution < 1.29 is 14.3 Å². The standard InChI is InChI=1S/C18H19FIN3O2/c19-13-9-11(20)5-6-14(13)22-16-10-21-8-7-12(16)18(25)23-15-3-1-2-4-17(15)24/h5-10,15,17,22,24H,1-4H2,(H,23,25)/t15-,17-/m0/s1. The second-order valence-corrected chi connectivity index (χ2v) is 7.35. The highest BCUT2D eigenvalue weighted by molar-refractivity contribution is 14.1. The SMILES string of the molecule is O=C(N[C@H]1CCCC[C@@H]1O)c1ccncc1Nc1ccc(I)cc1F. The van der Waals surface area contributed by atoms with Gasteiger partial charge in [0.1, 0.15) is 5.82 Å². The lowest BCUT2D eigenvalue weighted by Crippen LogP contribution is -2.45. The topological polar surface area (TPSA) is 74.2 Å². The van der Waals surface area contributed by atoms with E-state index >= 15 is 0 Å². The van der Waals surface area contributed by atoms with Crippen LogP contribution in [-0.4, -0.2) is 28.1 Å². The summed E-state index contributed by atoms with van der Waals surface area (Å²) in [5.74, 6) is -0.702. The number of rotatable bonds is 4. The normalized spacial score (nSPS) is 20.1. The largest absolute Gasteiger partial charge is 0.391 e. The molecule has 1 fully saturated rings. The molecule has 3 rings (SSSR count). The van der Waals surface area contributed by atoms with E-state index in [2.05, 4.69) is 15.6 Å². The van der Waals surface area contributed by atoms with Gasteiger partial charge in [-0.15, -0.1) is 0 Å². The first-order valence-corrected chi connectivity index (χ1v) is 9.27. The molecule has 3 N–H and O–H groups in total. The summed E-state index contributed by atoms with van der Waals surface area (Å²) < 4.78 is 14.9. The lowest BCUT2D eigenvalue weighted by atomic mass is 9.92. The molecular formula is C18H19FIN3O2. The molecule has 2 atom stereocenters. The lowest BCUT2D eigenvalue weighted by Gasteiger charge is -2.28. The smallest absolute Gasteiger partial charge is 0.253 e. The van der Waals surface area contributed by atoms with Crippen LogP contribution in [0.2, 0.25) is 0 Å². The number of carbonyl (C=O) groups excluding carboxylic acids is 1. The van der Waals surface area contributed by atoms with Gasteiger partial charge in [-0.05, 0) is 59.7 Å². The average molecular weight is 455 g/mol. The van der Waals surface area contributed by atoms with E-state index in [0.29, 0.717) is 17.7 Å². The molecule has 5 nitrogen and oxygen atoms in total. The van der Waals surface area contributed by atoms with Gasteiger partial charge in [0.15, 0.2) is 0 Å². The molecule has 0 aliphatic heterocycles. The summed E-state index contributed by atoms with van der Waals surface area (Å²) >= 11 is 2.04. The Hall–Kier alpha value is -1.74. The quantitative estimate of drug-likeness (QED) is 0.617. The number of anilines is 2. The number of pyridine rings is 1. The summed E-state index contributed by atoms with van der Waals surface area (Å²) in [6, 6.07) is 6.14. The fourth-order valence-corrected chi connectivity index (χ4v) is 3.41. The fourth-order valence-electron chi connectivity index (χ4n) is 2.95. The molecule has 132 valence electrons. The summed E-state index contributed by atoms with van der Waals surface area (Å²) in [6.45, 7) is 0. The number of nitrogens with one attached hydrogen (secondary N) is 2. The van der Waals surface area contributed by atoms with Gasteiger partial charge < -0.3 is 15.7 Å². The molecule has 2 aromatic rings. The Morgan fingerprint density at radius 3 is 2.80 bits per heavy atom. The Balaban J connectivity index is 1.79. The number of hydrogen-bond acceptors (Lipinski definition) is 4. The Bertz CT molecular complexity index is 772. The second kappa shape index (κ2) is 8.09. The highest BCUT2D eigenvalue weighted by Gasteiger charge is 2.25. The van der Waals surface area contributed by atoms with Crippen LogP contribution in [0.1, 0.15) is 36.0 Å². The predicted molar refractivity (Wildman–Crippen MR) is 102 cm³/mol. The Kier molecular flexibility index (Phi) is 5.85. The van der Waals surface area contributed by atoms with Crippen molar-refractivity contribution in [3.63, 3.8) is 0 Å². The van der Waals surface area contributed by atoms with E-state index in [1.807, 2.05) is 22.6 Å². The zero-order chi connectivity index (χ0) is 17.8. The Labute approximate surface area is 159 Å². The number of aromatic nitrogens is 1. The maximum atomic E-state index is 14.1. The van der Waals surface area contributed by atoms with Crippen LogP contribution < -0.4 is 10.6 Å². The van der Waals surface area contributed by atoms with E-state index in [1.165, 1.54) is 18.5 Å². The van der Waals surface area contributed by atoms with Crippen LogP contribution in [0.3, 0.4) is 0 Å². The highest BCUT2D eigenvalue weighted by atomic mass is 127. The van der Waals surface area contributed by atoms with E-state index < -0.39 is 11.9 Å². The molecule has 1 amide bonds. The number of carbonyl (C=O) groups is 1. The lowest BCUT2D eigenvalue weighted by molar-refractivity contribution is 0.0718. The second-order valence-electron chi connectivity index (χ2n) is 6.10. The van der Waals surface area contributed by atoms with E-state index in [-0.39, 0.29) is 17.6 Å². The minimum Gasteiger partial charge on any atom is -0.391 e. The summed E-state index contributed by atoms with van der Waals surface area (Å²) in [6.07, 6.45) is 5.89. The number of amides is 1. The zero-order valence-electron chi connectivity index (χ0n) is 13.5. The minimum atomic E-state index is -0.524. The van der Waals surface area contributed by atoms with Crippen LogP contribution in [0.15, 0.2) is 36.7 Å². The van der Waals surface area contributed by atoms with Gasteiger partial charge >= 0.3 is 0 Å². The van der Waals surface area contributed by atoms with Crippen LogP contribution in [0, 0.1) is 9.39 Å². The third-order valence-electron chi connectivity index (χ3n) is 4.31. The zero-order valence-corrected chi connectivity index (χ0v) is 15.7. The van der Waals surface area contributed by atoms with Crippen molar-refractivity contribution in [3.05, 3.63) is 51.6 Å². The van der Waals surface area contributed by atoms with Crippen LogP contribution in [0.4, 0.5) is 15.8 Å². The molecule has 1 saturated carbocycles. The molecular weight excluding hydrogens is 436 g/mol. The molecule has 25 heavy (non-hydrogen) atoms. The van der Waals surface area contributed by atoms with Crippen molar-refractivity contribution in [2.24, 2.45) is 0 Å². The monoisotopic (exact) mass is 455 g/mol. The maximum Gasteiger partial charge on any atom is 0.253 e. The van der Waals surface area contributed by atoms with Crippen molar-refractivity contribution in [3.8, 4) is 0 Å². The Morgan fingerprint density at radius 1 is 1.24 bits per heavy atom. The third-order valence-corrected chi connectivity index (χ3v) is 4.98. The molecule has 1 aliphatic carbocycles. The van der Waals surface area contributed by atoms with Crippen LogP contribution in [-0.2, 0) is 0 Å². The van der Waals surface area contributed by atoms with Crippen LogP contribution in [0.25, 0.3) is 0 Å². The van der Waals surface area contributed by atoms with E-state index in [9.17, 15) is 14.3 Å². The van der Waals surface area contributed by atoms with Gasteiger partial charge in [0.25, 0.3) is 5.91 Å². The molecule has 0 bridgehead atoms. The van der Waals surface area contributed by atoms with Gasteiger partial charge in [-0.2, -0.15) is 0 Å². The van der Waals surface area contributed by atoms with Gasteiger partial charge in [0.2, 0.25) is 0 Å².